The van der Waals surface area contributed by atoms with Crippen molar-refractivity contribution < 1.29 is 29.7 Å². The lowest BCUT2D eigenvalue weighted by Crippen LogP contribution is -2.37. The van der Waals surface area contributed by atoms with Crippen molar-refractivity contribution in [3.63, 3.8) is 0 Å². The Morgan fingerprint density at radius 2 is 1.12 bits per heavy atom. The summed E-state index contributed by atoms with van der Waals surface area (Å²) in [6.07, 6.45) is 24.0. The highest BCUT2D eigenvalue weighted by Gasteiger charge is 2.26. The molecule has 0 aliphatic carbocycles. The van der Waals surface area contributed by atoms with Gasteiger partial charge in [0.2, 0.25) is 0 Å². The number of carboxylic acids is 3. The fourth-order valence-corrected chi connectivity index (χ4v) is 14.3. The molecule has 6 aromatic rings. The van der Waals surface area contributed by atoms with E-state index in [1.54, 1.807) is 23.5 Å². The fraction of sp³-hybridized carbons (Fsp3) is 0.459. The van der Waals surface area contributed by atoms with Gasteiger partial charge in [-0.15, -0.1) is 34.0 Å². The minimum Gasteiger partial charge on any atom is -0.480 e. The lowest BCUT2D eigenvalue weighted by atomic mass is 10.0. The molecular formula is C61H74N4O7S3. The second-order valence-corrected chi connectivity index (χ2v) is 23.1. The van der Waals surface area contributed by atoms with Crippen molar-refractivity contribution in [2.75, 3.05) is 11.4 Å². The van der Waals surface area contributed by atoms with Gasteiger partial charge in [-0.3, -0.25) is 19.0 Å². The number of unbranched alkanes of at least 4 members (excludes halogenated alkanes) is 12. The lowest BCUT2D eigenvalue weighted by Gasteiger charge is -2.27. The molecule has 14 heteroatoms. The van der Waals surface area contributed by atoms with Crippen molar-refractivity contribution in [2.24, 2.45) is 0 Å². The van der Waals surface area contributed by atoms with E-state index in [4.69, 9.17) is 0 Å². The van der Waals surface area contributed by atoms with Gasteiger partial charge in [-0.05, 0) is 134 Å². The largest absolute Gasteiger partial charge is 0.480 e. The summed E-state index contributed by atoms with van der Waals surface area (Å²) in [5, 5.41) is 39.7. The first-order valence-electron chi connectivity index (χ1n) is 27.4. The molecule has 0 saturated heterocycles. The summed E-state index contributed by atoms with van der Waals surface area (Å²) in [5.41, 5.74) is 7.92. The summed E-state index contributed by atoms with van der Waals surface area (Å²) < 4.78 is 1.65. The third-order valence-electron chi connectivity index (χ3n) is 14.3. The molecule has 1 aliphatic rings. The van der Waals surface area contributed by atoms with E-state index in [0.29, 0.717) is 15.9 Å². The maximum absolute atomic E-state index is 14.2. The monoisotopic (exact) mass is 1070 g/mol. The summed E-state index contributed by atoms with van der Waals surface area (Å²) in [7, 11) is 0. The van der Waals surface area contributed by atoms with Crippen LogP contribution >= 0.6 is 34.0 Å². The minimum atomic E-state index is -1.70. The number of hydrogen-bond acceptors (Lipinski definition) is 9. The van der Waals surface area contributed by atoms with Gasteiger partial charge in [-0.1, -0.05) is 129 Å². The lowest BCUT2D eigenvalue weighted by molar-refractivity contribution is -0.138. The Hall–Kier alpha value is -6.01. The zero-order valence-electron chi connectivity index (χ0n) is 44.3. The number of carbonyl (C=O) groups is 3. The van der Waals surface area contributed by atoms with E-state index in [-0.39, 0.29) is 5.35 Å². The van der Waals surface area contributed by atoms with E-state index in [9.17, 15) is 39.8 Å². The number of nitrogens with zero attached hydrogens (tertiary/aromatic N) is 4. The molecule has 11 nitrogen and oxygen atoms in total. The number of nitriles is 1. The Morgan fingerprint density at radius 3 is 1.72 bits per heavy atom. The van der Waals surface area contributed by atoms with E-state index in [0.717, 1.165) is 116 Å². The number of aryl methyl sites for hydroxylation is 5. The van der Waals surface area contributed by atoms with Crippen LogP contribution in [0.15, 0.2) is 65.5 Å². The van der Waals surface area contributed by atoms with Crippen molar-refractivity contribution in [2.45, 2.75) is 176 Å². The first-order valence-corrected chi connectivity index (χ1v) is 29.9. The molecule has 4 aromatic heterocycles. The molecule has 0 unspecified atom stereocenters. The van der Waals surface area contributed by atoms with Crippen molar-refractivity contribution in [3.05, 3.63) is 115 Å². The summed E-state index contributed by atoms with van der Waals surface area (Å²) >= 11 is 5.20. The normalized spacial score (nSPS) is 12.9. The zero-order chi connectivity index (χ0) is 53.4. The molecule has 7 rings (SSSR count). The summed E-state index contributed by atoms with van der Waals surface area (Å²) in [4.78, 5) is 60.3. The van der Waals surface area contributed by atoms with E-state index < -0.39 is 47.6 Å². The molecule has 0 amide bonds. The van der Waals surface area contributed by atoms with Crippen molar-refractivity contribution in [1.82, 2.24) is 9.13 Å². The van der Waals surface area contributed by atoms with Gasteiger partial charge in [0, 0.05) is 47.2 Å². The molecule has 5 heterocycles. The minimum absolute atomic E-state index is 0.196. The number of thiophene rings is 3. The molecule has 0 bridgehead atoms. The summed E-state index contributed by atoms with van der Waals surface area (Å²) in [5.74, 6) is -4.53. The Balaban J connectivity index is 1.37. The quantitative estimate of drug-likeness (QED) is 0.0388. The Bertz CT molecular complexity index is 3180. The van der Waals surface area contributed by atoms with Gasteiger partial charge in [-0.2, -0.15) is 5.26 Å². The van der Waals surface area contributed by atoms with Gasteiger partial charge in [-0.25, -0.2) is 4.79 Å². The number of benzene rings is 2. The van der Waals surface area contributed by atoms with Gasteiger partial charge < -0.3 is 24.8 Å². The summed E-state index contributed by atoms with van der Waals surface area (Å²) in [6, 6.07) is 24.7. The second-order valence-electron chi connectivity index (χ2n) is 20.0. The van der Waals surface area contributed by atoms with Gasteiger partial charge in [0.15, 0.2) is 5.57 Å². The van der Waals surface area contributed by atoms with Crippen LogP contribution in [0.5, 0.6) is 0 Å². The highest BCUT2D eigenvalue weighted by atomic mass is 32.1. The smallest absolute Gasteiger partial charge is 0.350 e. The number of para-hydroxylation sites is 1. The van der Waals surface area contributed by atoms with Crippen LogP contribution in [0.3, 0.4) is 0 Å². The number of aromatic nitrogens is 2. The van der Waals surface area contributed by atoms with Crippen LogP contribution in [0.4, 0.5) is 11.4 Å². The van der Waals surface area contributed by atoms with Crippen LogP contribution in [0.2, 0.25) is 0 Å². The molecule has 0 atom stereocenters. The van der Waals surface area contributed by atoms with Crippen LogP contribution in [-0.4, -0.2) is 48.9 Å². The summed E-state index contributed by atoms with van der Waals surface area (Å²) in [6.45, 7) is 8.07. The number of carboxylic acid groups (broad SMARTS) is 3. The first kappa shape index (κ1) is 56.7. The molecule has 1 aliphatic heterocycles. The predicted molar refractivity (Wildman–Crippen MR) is 308 cm³/mol. The first-order chi connectivity index (χ1) is 36.4. The third-order valence-corrected chi connectivity index (χ3v) is 18.2. The topological polar surface area (TPSA) is 166 Å². The van der Waals surface area contributed by atoms with Gasteiger partial charge in [0.1, 0.15) is 30.0 Å². The highest BCUT2D eigenvalue weighted by Crippen LogP contribution is 2.48. The van der Waals surface area contributed by atoms with Crippen LogP contribution in [0.1, 0.15) is 163 Å². The van der Waals surface area contributed by atoms with Crippen molar-refractivity contribution in [1.29, 1.82) is 5.26 Å². The molecule has 0 fully saturated rings. The molecule has 2 aromatic carbocycles. The second kappa shape index (κ2) is 27.7. The molecule has 0 spiro atoms. The van der Waals surface area contributed by atoms with Crippen LogP contribution in [0, 0.1) is 11.3 Å². The van der Waals surface area contributed by atoms with Gasteiger partial charge in [0.25, 0.3) is 5.56 Å². The third kappa shape index (κ3) is 14.1. The zero-order valence-corrected chi connectivity index (χ0v) is 46.8. The van der Waals surface area contributed by atoms with Gasteiger partial charge >= 0.3 is 17.9 Å². The number of aliphatic carboxylic acids is 3. The van der Waals surface area contributed by atoms with Crippen LogP contribution in [-0.2, 0) is 59.6 Å². The Kier molecular flexibility index (Phi) is 20.9. The van der Waals surface area contributed by atoms with E-state index in [1.165, 1.54) is 104 Å². The van der Waals surface area contributed by atoms with E-state index in [1.807, 2.05) is 11.3 Å². The van der Waals surface area contributed by atoms with Crippen molar-refractivity contribution >= 4 is 74.9 Å². The maximum Gasteiger partial charge on any atom is 0.350 e. The Morgan fingerprint density at radius 1 is 0.600 bits per heavy atom. The molecule has 3 N–H and O–H groups in total. The maximum atomic E-state index is 14.2. The number of rotatable bonds is 29. The molecule has 398 valence electrons. The fourth-order valence-electron chi connectivity index (χ4n) is 10.4. The predicted octanol–water partition coefficient (Wildman–Crippen LogP) is 13.8. The number of imidazole rings is 1. The standard InChI is InChI=1S/C61H74N4O7S3/c1-5-9-13-17-24-43-34-53(73-52(43)37-50-60(70)65(40-56(68)69)59(47(38-62)61(71)72)64(50)39-55(66)67)57-46(26-19-15-11-7-3)36-54(75-57)58-45(25-18-14-10-6-2)35-51(74-58)44-30-31-49-42(33-44)29-28-41-23-20-21-27-48(41)63(49)32-22-16-12-8-4/h20-21,23,27,30-31,33-37H,5-19,22,24-26,28-29,32,39-40H2,1-4H3,(H,66,67)(H,68,69)(H,71,72). The molecular weight excluding hydrogens is 997 g/mol. The average Bonchev–Trinajstić information content (AvgIpc) is 4.16. The van der Waals surface area contributed by atoms with Crippen LogP contribution in [0.25, 0.3) is 41.6 Å². The average molecular weight is 1070 g/mol. The van der Waals surface area contributed by atoms with E-state index in [2.05, 4.69) is 93.3 Å². The SMILES string of the molecule is CCCCCCc1cc(-c2sc(-c3sc(-c4ccc5c(c4)CCc4ccccc4N5CCCCCC)cc3CCCCCC)cc2CCCCCC)sc1C=c1c(=O)n(CC(=O)O)c(=C(C#N)C(=O)O)n1CC(=O)O. The van der Waals surface area contributed by atoms with Crippen LogP contribution < -0.4 is 21.3 Å². The molecule has 0 saturated carbocycles. The van der Waals surface area contributed by atoms with E-state index >= 15 is 0 Å². The van der Waals surface area contributed by atoms with Gasteiger partial charge in [0.05, 0.1) is 0 Å². The van der Waals surface area contributed by atoms with Crippen molar-refractivity contribution in [3.8, 4) is 36.0 Å². The highest BCUT2D eigenvalue weighted by molar-refractivity contribution is 7.27. The molecule has 0 radical (unpaired) electrons. The number of fused-ring (bicyclic) bond motifs is 2. The molecule has 75 heavy (non-hydrogen) atoms. The Labute approximate surface area is 454 Å². The number of anilines is 2. The number of hydrogen-bond donors (Lipinski definition) is 3.